The number of carbonyl (C=O) groups excluding carboxylic acids is 2. The maximum Gasteiger partial charge on any atom is 0.322 e. The Hall–Kier alpha value is -2.30. The molecule has 0 saturated heterocycles. The van der Waals surface area contributed by atoms with Crippen LogP contribution in [0.5, 0.6) is 0 Å². The van der Waals surface area contributed by atoms with Gasteiger partial charge in [-0.15, -0.1) is 0 Å². The van der Waals surface area contributed by atoms with E-state index in [9.17, 15) is 9.59 Å². The zero-order chi connectivity index (χ0) is 15.1. The number of nitrogens with zero attached hydrogens (tertiary/aromatic N) is 2. The zero-order valence-electron chi connectivity index (χ0n) is 12.5. The van der Waals surface area contributed by atoms with Crippen molar-refractivity contribution in [2.45, 2.75) is 25.9 Å². The van der Waals surface area contributed by atoms with Gasteiger partial charge in [-0.25, -0.2) is 4.79 Å². The van der Waals surface area contributed by atoms with E-state index < -0.39 is 0 Å². The molecule has 0 aromatic heterocycles. The third-order valence-corrected chi connectivity index (χ3v) is 4.14. The van der Waals surface area contributed by atoms with E-state index in [1.807, 2.05) is 44.2 Å². The average Bonchev–Trinajstić information content (AvgIpc) is 2.82. The SMILES string of the molecule is CC(C)N1CC2=C(C1=O)C(c1ccccc1)NC(=O)N2C. The normalized spacial score (nSPS) is 22.0. The molecule has 3 rings (SSSR count). The summed E-state index contributed by atoms with van der Waals surface area (Å²) in [5.41, 5.74) is 2.44. The van der Waals surface area contributed by atoms with Gasteiger partial charge in [0.2, 0.25) is 0 Å². The Morgan fingerprint density at radius 2 is 1.86 bits per heavy atom. The van der Waals surface area contributed by atoms with Gasteiger partial charge in [-0.05, 0) is 19.4 Å². The number of hydrogen-bond acceptors (Lipinski definition) is 2. The van der Waals surface area contributed by atoms with Crippen LogP contribution in [0.2, 0.25) is 0 Å². The molecule has 1 aromatic carbocycles. The fraction of sp³-hybridized carbons (Fsp3) is 0.375. The van der Waals surface area contributed by atoms with E-state index in [-0.39, 0.29) is 24.0 Å². The molecule has 0 spiro atoms. The molecule has 5 nitrogen and oxygen atoms in total. The van der Waals surface area contributed by atoms with Gasteiger partial charge < -0.3 is 10.2 Å². The summed E-state index contributed by atoms with van der Waals surface area (Å²) in [6, 6.07) is 9.22. The van der Waals surface area contributed by atoms with Crippen LogP contribution in [0.15, 0.2) is 41.6 Å². The van der Waals surface area contributed by atoms with Crippen LogP contribution in [-0.4, -0.2) is 41.4 Å². The highest BCUT2D eigenvalue weighted by molar-refractivity contribution is 6.01. The van der Waals surface area contributed by atoms with Crippen molar-refractivity contribution in [1.29, 1.82) is 0 Å². The number of urea groups is 1. The van der Waals surface area contributed by atoms with Gasteiger partial charge in [0.05, 0.1) is 23.9 Å². The molecule has 2 aliphatic rings. The topological polar surface area (TPSA) is 52.7 Å². The average molecular weight is 285 g/mol. The lowest BCUT2D eigenvalue weighted by molar-refractivity contribution is -0.127. The Bertz CT molecular complexity index is 622. The van der Waals surface area contributed by atoms with Crippen molar-refractivity contribution >= 4 is 11.9 Å². The van der Waals surface area contributed by atoms with Gasteiger partial charge in [0, 0.05) is 13.1 Å². The van der Waals surface area contributed by atoms with E-state index in [0.29, 0.717) is 12.1 Å². The molecule has 1 N–H and O–H groups in total. The van der Waals surface area contributed by atoms with Crippen molar-refractivity contribution in [3.63, 3.8) is 0 Å². The van der Waals surface area contributed by atoms with Gasteiger partial charge >= 0.3 is 6.03 Å². The second-order valence-electron chi connectivity index (χ2n) is 5.74. The van der Waals surface area contributed by atoms with Crippen LogP contribution in [0.25, 0.3) is 0 Å². The summed E-state index contributed by atoms with van der Waals surface area (Å²) in [5.74, 6) is 0.0145. The zero-order valence-corrected chi connectivity index (χ0v) is 12.5. The van der Waals surface area contributed by atoms with Crippen LogP contribution in [0.1, 0.15) is 25.5 Å². The predicted octanol–water partition coefficient (Wildman–Crippen LogP) is 1.89. The number of benzene rings is 1. The summed E-state index contributed by atoms with van der Waals surface area (Å²) in [6.45, 7) is 4.48. The summed E-state index contributed by atoms with van der Waals surface area (Å²) in [7, 11) is 1.71. The van der Waals surface area contributed by atoms with Gasteiger partial charge in [-0.2, -0.15) is 0 Å². The Balaban J connectivity index is 2.06. The number of carbonyl (C=O) groups is 2. The summed E-state index contributed by atoms with van der Waals surface area (Å²) < 4.78 is 0. The number of amides is 3. The third kappa shape index (κ3) is 2.09. The molecule has 1 atom stereocenters. The monoisotopic (exact) mass is 285 g/mol. The van der Waals surface area contributed by atoms with Crippen LogP contribution in [-0.2, 0) is 4.79 Å². The first-order valence-electron chi connectivity index (χ1n) is 7.14. The first-order chi connectivity index (χ1) is 10.0. The Morgan fingerprint density at radius 3 is 2.48 bits per heavy atom. The second-order valence-corrected chi connectivity index (χ2v) is 5.74. The lowest BCUT2D eigenvalue weighted by Crippen LogP contribution is -2.45. The van der Waals surface area contributed by atoms with E-state index in [1.54, 1.807) is 16.8 Å². The highest BCUT2D eigenvalue weighted by Crippen LogP contribution is 2.36. The van der Waals surface area contributed by atoms with E-state index in [2.05, 4.69) is 5.32 Å². The molecule has 2 aliphatic heterocycles. The van der Waals surface area contributed by atoms with Crippen LogP contribution in [0.4, 0.5) is 4.79 Å². The van der Waals surface area contributed by atoms with Crippen molar-refractivity contribution in [2.24, 2.45) is 0 Å². The fourth-order valence-electron chi connectivity index (χ4n) is 2.90. The molecule has 0 saturated carbocycles. The third-order valence-electron chi connectivity index (χ3n) is 4.14. The van der Waals surface area contributed by atoms with Gasteiger partial charge in [0.25, 0.3) is 5.91 Å². The molecule has 0 fully saturated rings. The molecule has 1 unspecified atom stereocenters. The Labute approximate surface area is 124 Å². The van der Waals surface area contributed by atoms with E-state index in [1.165, 1.54) is 0 Å². The largest absolute Gasteiger partial charge is 0.331 e. The molecule has 110 valence electrons. The first-order valence-corrected chi connectivity index (χ1v) is 7.14. The van der Waals surface area contributed by atoms with Crippen molar-refractivity contribution in [2.75, 3.05) is 13.6 Å². The number of nitrogens with one attached hydrogen (secondary N) is 1. The molecule has 0 bridgehead atoms. The van der Waals surface area contributed by atoms with Gasteiger partial charge in [0.1, 0.15) is 0 Å². The van der Waals surface area contributed by atoms with Crippen LogP contribution in [0, 0.1) is 0 Å². The number of hydrogen-bond donors (Lipinski definition) is 1. The van der Waals surface area contributed by atoms with Crippen molar-refractivity contribution in [3.05, 3.63) is 47.2 Å². The van der Waals surface area contributed by atoms with Gasteiger partial charge in [-0.3, -0.25) is 9.69 Å². The van der Waals surface area contributed by atoms with E-state index >= 15 is 0 Å². The molecule has 5 heteroatoms. The van der Waals surface area contributed by atoms with E-state index in [0.717, 1.165) is 11.3 Å². The molecule has 0 aliphatic carbocycles. The predicted molar refractivity (Wildman–Crippen MR) is 79.4 cm³/mol. The van der Waals surface area contributed by atoms with Crippen LogP contribution < -0.4 is 5.32 Å². The lowest BCUT2D eigenvalue weighted by atomic mass is 9.96. The summed E-state index contributed by atoms with van der Waals surface area (Å²) >= 11 is 0. The molecular weight excluding hydrogens is 266 g/mol. The minimum Gasteiger partial charge on any atom is -0.331 e. The maximum atomic E-state index is 12.7. The lowest BCUT2D eigenvalue weighted by Gasteiger charge is -2.31. The Morgan fingerprint density at radius 1 is 1.19 bits per heavy atom. The first kappa shape index (κ1) is 13.7. The molecule has 2 heterocycles. The standard InChI is InChI=1S/C16H19N3O2/c1-10(2)19-9-12-13(15(19)20)14(17-16(21)18(12)3)11-7-5-4-6-8-11/h4-8,10,14H,9H2,1-3H3,(H,17,21). The summed E-state index contributed by atoms with van der Waals surface area (Å²) in [5, 5.41) is 2.93. The number of rotatable bonds is 2. The molecule has 0 radical (unpaired) electrons. The summed E-state index contributed by atoms with van der Waals surface area (Å²) in [4.78, 5) is 28.2. The quantitative estimate of drug-likeness (QED) is 0.902. The van der Waals surface area contributed by atoms with Crippen molar-refractivity contribution in [3.8, 4) is 0 Å². The molecule has 1 aromatic rings. The van der Waals surface area contributed by atoms with Crippen LogP contribution in [0.3, 0.4) is 0 Å². The highest BCUT2D eigenvalue weighted by Gasteiger charge is 2.43. The molecule has 3 amide bonds. The van der Waals surface area contributed by atoms with Crippen LogP contribution >= 0.6 is 0 Å². The maximum absolute atomic E-state index is 12.7. The summed E-state index contributed by atoms with van der Waals surface area (Å²) in [6.07, 6.45) is 0. The molecular formula is C16H19N3O2. The molecule has 21 heavy (non-hydrogen) atoms. The fourth-order valence-corrected chi connectivity index (χ4v) is 2.90. The van der Waals surface area contributed by atoms with E-state index in [4.69, 9.17) is 0 Å². The van der Waals surface area contributed by atoms with Gasteiger partial charge in [0.15, 0.2) is 0 Å². The second kappa shape index (κ2) is 4.91. The highest BCUT2D eigenvalue weighted by atomic mass is 16.2. The van der Waals surface area contributed by atoms with Crippen molar-refractivity contribution in [1.82, 2.24) is 15.1 Å². The van der Waals surface area contributed by atoms with Gasteiger partial charge in [-0.1, -0.05) is 30.3 Å². The minimum atomic E-state index is -0.360. The minimum absolute atomic E-state index is 0.0145. The Kier molecular flexibility index (Phi) is 3.20. The number of likely N-dealkylation sites (N-methyl/N-ethyl adjacent to an activating group) is 1. The van der Waals surface area contributed by atoms with Crippen molar-refractivity contribution < 1.29 is 9.59 Å². The smallest absolute Gasteiger partial charge is 0.322 e.